The highest BCUT2D eigenvalue weighted by Crippen LogP contribution is 2.16. The van der Waals surface area contributed by atoms with Gasteiger partial charge in [0, 0.05) is 30.7 Å². The SMILES string of the molecule is CCN(c1ccncc1)C(C)CC(=O)O. The Hall–Kier alpha value is -1.58. The molecular weight excluding hydrogens is 192 g/mol. The van der Waals surface area contributed by atoms with Crippen LogP contribution in [-0.2, 0) is 4.79 Å². The molecule has 4 nitrogen and oxygen atoms in total. The number of anilines is 1. The third-order valence-electron chi connectivity index (χ3n) is 2.34. The van der Waals surface area contributed by atoms with Crippen molar-refractivity contribution in [1.82, 2.24) is 4.98 Å². The van der Waals surface area contributed by atoms with Gasteiger partial charge in [-0.3, -0.25) is 9.78 Å². The van der Waals surface area contributed by atoms with Gasteiger partial charge in [-0.15, -0.1) is 0 Å². The van der Waals surface area contributed by atoms with Crippen LogP contribution in [0.4, 0.5) is 5.69 Å². The van der Waals surface area contributed by atoms with Crippen molar-refractivity contribution in [3.05, 3.63) is 24.5 Å². The number of aliphatic carboxylic acids is 1. The zero-order chi connectivity index (χ0) is 11.3. The maximum atomic E-state index is 10.6. The lowest BCUT2D eigenvalue weighted by molar-refractivity contribution is -0.137. The van der Waals surface area contributed by atoms with E-state index >= 15 is 0 Å². The van der Waals surface area contributed by atoms with Gasteiger partial charge in [0.1, 0.15) is 0 Å². The van der Waals surface area contributed by atoms with Crippen LogP contribution in [-0.4, -0.2) is 28.6 Å². The minimum Gasteiger partial charge on any atom is -0.481 e. The Balaban J connectivity index is 2.75. The molecular formula is C11H16N2O2. The molecule has 0 aliphatic rings. The number of carboxylic acid groups (broad SMARTS) is 1. The summed E-state index contributed by atoms with van der Waals surface area (Å²) in [5.74, 6) is -0.769. The molecule has 1 N–H and O–H groups in total. The van der Waals surface area contributed by atoms with Crippen molar-refractivity contribution in [2.75, 3.05) is 11.4 Å². The van der Waals surface area contributed by atoms with Crippen LogP contribution in [0, 0.1) is 0 Å². The number of rotatable bonds is 5. The lowest BCUT2D eigenvalue weighted by Crippen LogP contribution is -2.34. The van der Waals surface area contributed by atoms with E-state index in [0.29, 0.717) is 0 Å². The lowest BCUT2D eigenvalue weighted by Gasteiger charge is -2.29. The normalized spacial score (nSPS) is 12.1. The van der Waals surface area contributed by atoms with E-state index in [4.69, 9.17) is 5.11 Å². The van der Waals surface area contributed by atoms with Gasteiger partial charge in [0.25, 0.3) is 0 Å². The first kappa shape index (κ1) is 11.5. The minimum atomic E-state index is -0.769. The molecule has 1 rings (SSSR count). The Morgan fingerprint density at radius 3 is 2.60 bits per heavy atom. The van der Waals surface area contributed by atoms with Gasteiger partial charge in [0.15, 0.2) is 0 Å². The van der Waals surface area contributed by atoms with E-state index in [1.807, 2.05) is 26.0 Å². The summed E-state index contributed by atoms with van der Waals surface area (Å²) in [5.41, 5.74) is 1.02. The largest absolute Gasteiger partial charge is 0.481 e. The molecule has 0 bridgehead atoms. The number of nitrogens with zero attached hydrogens (tertiary/aromatic N) is 2. The average Bonchev–Trinajstić information content (AvgIpc) is 2.19. The fourth-order valence-electron chi connectivity index (χ4n) is 1.65. The number of pyridine rings is 1. The third kappa shape index (κ3) is 3.23. The van der Waals surface area contributed by atoms with Gasteiger partial charge in [-0.25, -0.2) is 0 Å². The predicted molar refractivity (Wildman–Crippen MR) is 59.0 cm³/mol. The molecule has 1 heterocycles. The first-order valence-corrected chi connectivity index (χ1v) is 5.03. The van der Waals surface area contributed by atoms with Crippen molar-refractivity contribution in [2.45, 2.75) is 26.3 Å². The van der Waals surface area contributed by atoms with Crippen molar-refractivity contribution >= 4 is 11.7 Å². The molecule has 0 saturated heterocycles. The second-order valence-corrected chi connectivity index (χ2v) is 3.44. The monoisotopic (exact) mass is 208 g/mol. The molecule has 0 aliphatic carbocycles. The van der Waals surface area contributed by atoms with Crippen molar-refractivity contribution in [3.63, 3.8) is 0 Å². The lowest BCUT2D eigenvalue weighted by atomic mass is 10.2. The maximum absolute atomic E-state index is 10.6. The Bertz CT molecular complexity index is 314. The van der Waals surface area contributed by atoms with E-state index in [1.165, 1.54) is 0 Å². The van der Waals surface area contributed by atoms with Gasteiger partial charge in [-0.2, -0.15) is 0 Å². The number of aromatic nitrogens is 1. The molecule has 0 spiro atoms. The van der Waals surface area contributed by atoms with Gasteiger partial charge >= 0.3 is 5.97 Å². The van der Waals surface area contributed by atoms with Crippen molar-refractivity contribution in [3.8, 4) is 0 Å². The van der Waals surface area contributed by atoms with E-state index in [2.05, 4.69) is 9.88 Å². The van der Waals surface area contributed by atoms with Crippen LogP contribution in [0.25, 0.3) is 0 Å². The van der Waals surface area contributed by atoms with Crippen LogP contribution >= 0.6 is 0 Å². The molecule has 0 radical (unpaired) electrons. The number of hydrogen-bond donors (Lipinski definition) is 1. The van der Waals surface area contributed by atoms with Crippen LogP contribution in [0.1, 0.15) is 20.3 Å². The summed E-state index contributed by atoms with van der Waals surface area (Å²) in [6.07, 6.45) is 3.58. The zero-order valence-corrected chi connectivity index (χ0v) is 9.05. The summed E-state index contributed by atoms with van der Waals surface area (Å²) in [6.45, 7) is 4.72. The molecule has 0 saturated carbocycles. The minimum absolute atomic E-state index is 0.00472. The van der Waals surface area contributed by atoms with Crippen molar-refractivity contribution in [2.24, 2.45) is 0 Å². The molecule has 1 atom stereocenters. The highest BCUT2D eigenvalue weighted by atomic mass is 16.4. The van der Waals surface area contributed by atoms with Crippen molar-refractivity contribution in [1.29, 1.82) is 0 Å². The fraction of sp³-hybridized carbons (Fsp3) is 0.455. The van der Waals surface area contributed by atoms with E-state index in [1.54, 1.807) is 12.4 Å². The van der Waals surface area contributed by atoms with Gasteiger partial charge in [0.2, 0.25) is 0 Å². The first-order valence-electron chi connectivity index (χ1n) is 5.03. The average molecular weight is 208 g/mol. The Kier molecular flexibility index (Phi) is 4.09. The standard InChI is InChI=1S/C11H16N2O2/c1-3-13(9(2)8-11(14)15)10-4-6-12-7-5-10/h4-7,9H,3,8H2,1-2H3,(H,14,15). The maximum Gasteiger partial charge on any atom is 0.305 e. The second kappa shape index (κ2) is 5.34. The summed E-state index contributed by atoms with van der Waals surface area (Å²) in [6, 6.07) is 3.78. The van der Waals surface area contributed by atoms with Gasteiger partial charge in [-0.05, 0) is 26.0 Å². The Morgan fingerprint density at radius 1 is 1.53 bits per heavy atom. The summed E-state index contributed by atoms with van der Waals surface area (Å²) >= 11 is 0. The van der Waals surface area contributed by atoms with Crippen LogP contribution in [0.5, 0.6) is 0 Å². The van der Waals surface area contributed by atoms with Crippen LogP contribution in [0.2, 0.25) is 0 Å². The van der Waals surface area contributed by atoms with Crippen molar-refractivity contribution < 1.29 is 9.90 Å². The van der Waals surface area contributed by atoms with Gasteiger partial charge in [-0.1, -0.05) is 0 Å². The molecule has 0 fully saturated rings. The van der Waals surface area contributed by atoms with E-state index in [-0.39, 0.29) is 12.5 Å². The number of hydrogen-bond acceptors (Lipinski definition) is 3. The van der Waals surface area contributed by atoms with Crippen LogP contribution < -0.4 is 4.90 Å². The highest BCUT2D eigenvalue weighted by molar-refractivity contribution is 5.68. The molecule has 82 valence electrons. The summed E-state index contributed by atoms with van der Waals surface area (Å²) in [4.78, 5) is 16.6. The molecule has 15 heavy (non-hydrogen) atoms. The van der Waals surface area contributed by atoms with Gasteiger partial charge < -0.3 is 10.0 Å². The van der Waals surface area contributed by atoms with Crippen LogP contribution in [0.15, 0.2) is 24.5 Å². The molecule has 1 aromatic heterocycles. The molecule has 0 aromatic carbocycles. The summed E-state index contributed by atoms with van der Waals surface area (Å²) in [7, 11) is 0. The quantitative estimate of drug-likeness (QED) is 0.801. The van der Waals surface area contributed by atoms with E-state index in [0.717, 1.165) is 12.2 Å². The van der Waals surface area contributed by atoms with Gasteiger partial charge in [0.05, 0.1) is 6.42 Å². The predicted octanol–water partition coefficient (Wildman–Crippen LogP) is 1.77. The number of carbonyl (C=O) groups is 1. The molecule has 1 aromatic rings. The van der Waals surface area contributed by atoms with E-state index < -0.39 is 5.97 Å². The van der Waals surface area contributed by atoms with Crippen LogP contribution in [0.3, 0.4) is 0 Å². The smallest absolute Gasteiger partial charge is 0.305 e. The molecule has 0 aliphatic heterocycles. The first-order chi connectivity index (χ1) is 7.15. The summed E-state index contributed by atoms with van der Waals surface area (Å²) < 4.78 is 0. The fourth-order valence-corrected chi connectivity index (χ4v) is 1.65. The van der Waals surface area contributed by atoms with E-state index in [9.17, 15) is 4.79 Å². The zero-order valence-electron chi connectivity index (χ0n) is 9.05. The molecule has 1 unspecified atom stereocenters. The second-order valence-electron chi connectivity index (χ2n) is 3.44. The molecule has 0 amide bonds. The highest BCUT2D eigenvalue weighted by Gasteiger charge is 2.15. The molecule has 4 heteroatoms. The Morgan fingerprint density at radius 2 is 2.13 bits per heavy atom. The Labute approximate surface area is 89.6 Å². The topological polar surface area (TPSA) is 53.4 Å². The summed E-state index contributed by atoms with van der Waals surface area (Å²) in [5, 5.41) is 8.74. The number of carboxylic acids is 1. The third-order valence-corrected chi connectivity index (χ3v) is 2.34.